The lowest BCUT2D eigenvalue weighted by molar-refractivity contribution is 0.317. The van der Waals surface area contributed by atoms with Gasteiger partial charge in [0.15, 0.2) is 11.5 Å². The van der Waals surface area contributed by atoms with Crippen LogP contribution in [0.2, 0.25) is 0 Å². The first kappa shape index (κ1) is 15.9. The van der Waals surface area contributed by atoms with Crippen LogP contribution in [0, 0.1) is 0 Å². The molecule has 1 aromatic rings. The van der Waals surface area contributed by atoms with E-state index >= 15 is 0 Å². The molecule has 21 heavy (non-hydrogen) atoms. The number of rotatable bonds is 6. The lowest BCUT2D eigenvalue weighted by Gasteiger charge is -2.17. The van der Waals surface area contributed by atoms with Crippen molar-refractivity contribution in [3.63, 3.8) is 0 Å². The first-order valence-electron chi connectivity index (χ1n) is 7.49. The molecule has 0 saturated carbocycles. The van der Waals surface area contributed by atoms with Crippen LogP contribution in [0.3, 0.4) is 0 Å². The second-order valence-electron chi connectivity index (χ2n) is 5.86. The fraction of sp³-hybridized carbons (Fsp3) is 0.529. The van der Waals surface area contributed by atoms with Crippen LogP contribution in [0.5, 0.6) is 11.5 Å². The molecule has 2 N–H and O–H groups in total. The summed E-state index contributed by atoms with van der Waals surface area (Å²) in [6, 6.07) is 6.47. The summed E-state index contributed by atoms with van der Waals surface area (Å²) < 4.78 is 11.2. The third-order valence-corrected chi connectivity index (χ3v) is 3.67. The van der Waals surface area contributed by atoms with Crippen LogP contribution >= 0.6 is 0 Å². The Morgan fingerprint density at radius 2 is 2.19 bits per heavy atom. The summed E-state index contributed by atoms with van der Waals surface area (Å²) in [5.74, 6) is 1.58. The van der Waals surface area contributed by atoms with E-state index in [0.29, 0.717) is 12.6 Å². The van der Waals surface area contributed by atoms with Crippen LogP contribution in [-0.4, -0.2) is 37.7 Å². The Labute approximate surface area is 127 Å². The molecule has 116 valence electrons. The highest BCUT2D eigenvalue weighted by atomic mass is 16.5. The van der Waals surface area contributed by atoms with E-state index in [1.807, 2.05) is 6.07 Å². The number of methoxy groups -OCH3 is 1. The van der Waals surface area contributed by atoms with Crippen molar-refractivity contribution in [1.29, 1.82) is 0 Å². The van der Waals surface area contributed by atoms with Crippen molar-refractivity contribution in [3.8, 4) is 11.5 Å². The van der Waals surface area contributed by atoms with Crippen molar-refractivity contribution < 1.29 is 9.47 Å². The standard InChI is InChI=1S/C17H26N2O2/c1-13(2)7-9-21-16-5-4-14(10-17(16)20-3)11-19-8-6-15(18)12-19/h4-5,7,10,15H,6,8-9,11-12,18H2,1-3H3/t15-/m0/s1. The van der Waals surface area contributed by atoms with Gasteiger partial charge in [-0.15, -0.1) is 0 Å². The minimum absolute atomic E-state index is 0.318. The van der Waals surface area contributed by atoms with Gasteiger partial charge in [-0.05, 0) is 44.0 Å². The van der Waals surface area contributed by atoms with Crippen molar-refractivity contribution in [1.82, 2.24) is 4.90 Å². The minimum Gasteiger partial charge on any atom is -0.493 e. The molecule has 1 aliphatic heterocycles. The molecular formula is C17H26N2O2. The van der Waals surface area contributed by atoms with Gasteiger partial charge in [-0.25, -0.2) is 0 Å². The van der Waals surface area contributed by atoms with E-state index in [0.717, 1.165) is 37.6 Å². The molecule has 1 heterocycles. The van der Waals surface area contributed by atoms with Gasteiger partial charge in [-0.1, -0.05) is 11.6 Å². The molecule has 0 aliphatic carbocycles. The Bertz CT molecular complexity index is 496. The number of allylic oxidation sites excluding steroid dienone is 1. The first-order valence-corrected chi connectivity index (χ1v) is 7.49. The van der Waals surface area contributed by atoms with Crippen molar-refractivity contribution in [2.24, 2.45) is 5.73 Å². The van der Waals surface area contributed by atoms with Gasteiger partial charge in [0.05, 0.1) is 7.11 Å². The number of likely N-dealkylation sites (tertiary alicyclic amines) is 1. The Kier molecular flexibility index (Phi) is 5.65. The SMILES string of the molecule is COc1cc(CN2CC[C@H](N)C2)ccc1OCC=C(C)C. The Hall–Kier alpha value is -1.52. The number of ether oxygens (including phenoxy) is 2. The normalized spacial score (nSPS) is 18.6. The third kappa shape index (κ3) is 4.76. The molecule has 4 heteroatoms. The molecule has 0 aromatic heterocycles. The Morgan fingerprint density at radius 1 is 1.38 bits per heavy atom. The summed E-state index contributed by atoms with van der Waals surface area (Å²) in [6.07, 6.45) is 3.14. The summed E-state index contributed by atoms with van der Waals surface area (Å²) in [5, 5.41) is 0. The van der Waals surface area contributed by atoms with Crippen LogP contribution in [0.25, 0.3) is 0 Å². The number of nitrogens with two attached hydrogens (primary N) is 1. The quantitative estimate of drug-likeness (QED) is 0.818. The van der Waals surface area contributed by atoms with Crippen molar-refractivity contribution in [2.45, 2.75) is 32.9 Å². The van der Waals surface area contributed by atoms with Gasteiger partial charge in [-0.2, -0.15) is 0 Å². The van der Waals surface area contributed by atoms with Crippen LogP contribution in [0.4, 0.5) is 0 Å². The van der Waals surface area contributed by atoms with E-state index in [1.165, 1.54) is 11.1 Å². The molecule has 0 unspecified atom stereocenters. The maximum Gasteiger partial charge on any atom is 0.161 e. The zero-order valence-corrected chi connectivity index (χ0v) is 13.3. The predicted molar refractivity (Wildman–Crippen MR) is 85.8 cm³/mol. The van der Waals surface area contributed by atoms with Gasteiger partial charge in [0, 0.05) is 25.7 Å². The molecule has 0 radical (unpaired) electrons. The molecule has 1 aromatic carbocycles. The van der Waals surface area contributed by atoms with Gasteiger partial charge in [0.1, 0.15) is 6.61 Å². The summed E-state index contributed by atoms with van der Waals surface area (Å²) in [4.78, 5) is 2.38. The molecule has 1 saturated heterocycles. The van der Waals surface area contributed by atoms with Gasteiger partial charge >= 0.3 is 0 Å². The maximum absolute atomic E-state index is 5.95. The number of hydrogen-bond donors (Lipinski definition) is 1. The topological polar surface area (TPSA) is 47.7 Å². The molecule has 1 atom stereocenters. The summed E-state index contributed by atoms with van der Waals surface area (Å²) in [5.41, 5.74) is 8.42. The molecule has 0 amide bonds. The predicted octanol–water partition coefficient (Wildman–Crippen LogP) is 2.57. The lowest BCUT2D eigenvalue weighted by Crippen LogP contribution is -2.26. The monoisotopic (exact) mass is 290 g/mol. The van der Waals surface area contributed by atoms with E-state index in [1.54, 1.807) is 7.11 Å². The third-order valence-electron chi connectivity index (χ3n) is 3.67. The second kappa shape index (κ2) is 7.48. The van der Waals surface area contributed by atoms with Gasteiger partial charge in [0.25, 0.3) is 0 Å². The fourth-order valence-electron chi connectivity index (χ4n) is 2.49. The highest BCUT2D eigenvalue weighted by Gasteiger charge is 2.19. The van der Waals surface area contributed by atoms with Gasteiger partial charge < -0.3 is 15.2 Å². The molecule has 0 bridgehead atoms. The smallest absolute Gasteiger partial charge is 0.161 e. The first-order chi connectivity index (χ1) is 10.1. The molecule has 2 rings (SSSR count). The highest BCUT2D eigenvalue weighted by molar-refractivity contribution is 5.43. The van der Waals surface area contributed by atoms with E-state index in [4.69, 9.17) is 15.2 Å². The molecule has 1 aliphatic rings. The average molecular weight is 290 g/mol. The number of benzene rings is 1. The zero-order chi connectivity index (χ0) is 15.2. The zero-order valence-electron chi connectivity index (χ0n) is 13.3. The number of nitrogens with zero attached hydrogens (tertiary/aromatic N) is 1. The minimum atomic E-state index is 0.318. The summed E-state index contributed by atoms with van der Waals surface area (Å²) in [6.45, 7) is 7.65. The average Bonchev–Trinajstić information content (AvgIpc) is 2.85. The second-order valence-corrected chi connectivity index (χ2v) is 5.86. The van der Waals surface area contributed by atoms with Crippen molar-refractivity contribution >= 4 is 0 Å². The van der Waals surface area contributed by atoms with E-state index < -0.39 is 0 Å². The van der Waals surface area contributed by atoms with Crippen molar-refractivity contribution in [3.05, 3.63) is 35.4 Å². The summed E-state index contributed by atoms with van der Waals surface area (Å²) in [7, 11) is 1.68. The fourth-order valence-corrected chi connectivity index (χ4v) is 2.49. The van der Waals surface area contributed by atoms with E-state index in [-0.39, 0.29) is 0 Å². The molecule has 1 fully saturated rings. The Balaban J connectivity index is 2.00. The molecule has 4 nitrogen and oxygen atoms in total. The van der Waals surface area contributed by atoms with Crippen LogP contribution < -0.4 is 15.2 Å². The maximum atomic E-state index is 5.95. The van der Waals surface area contributed by atoms with E-state index in [9.17, 15) is 0 Å². The van der Waals surface area contributed by atoms with E-state index in [2.05, 4.69) is 37.0 Å². The summed E-state index contributed by atoms with van der Waals surface area (Å²) >= 11 is 0. The van der Waals surface area contributed by atoms with Gasteiger partial charge in [0.2, 0.25) is 0 Å². The highest BCUT2D eigenvalue weighted by Crippen LogP contribution is 2.29. The van der Waals surface area contributed by atoms with Crippen molar-refractivity contribution in [2.75, 3.05) is 26.8 Å². The Morgan fingerprint density at radius 3 is 2.81 bits per heavy atom. The number of hydrogen-bond acceptors (Lipinski definition) is 4. The largest absolute Gasteiger partial charge is 0.493 e. The van der Waals surface area contributed by atoms with Gasteiger partial charge in [-0.3, -0.25) is 4.90 Å². The van der Waals surface area contributed by atoms with Crippen LogP contribution in [-0.2, 0) is 6.54 Å². The van der Waals surface area contributed by atoms with Crippen LogP contribution in [0.15, 0.2) is 29.8 Å². The lowest BCUT2D eigenvalue weighted by atomic mass is 10.2. The molecular weight excluding hydrogens is 264 g/mol. The molecule has 0 spiro atoms. The van der Waals surface area contributed by atoms with Crippen LogP contribution in [0.1, 0.15) is 25.8 Å².